The number of rotatable bonds is 3. The average molecular weight is 434 g/mol. The molecule has 9 heteroatoms. The topological polar surface area (TPSA) is 46.0 Å². The van der Waals surface area contributed by atoms with Crippen LogP contribution in [0, 0.1) is 4.77 Å². The molecule has 0 atom stereocenters. The third kappa shape index (κ3) is 3.33. The summed E-state index contributed by atoms with van der Waals surface area (Å²) in [5.41, 5.74) is 0.697. The van der Waals surface area contributed by atoms with E-state index in [0.717, 1.165) is 8.66 Å². The van der Waals surface area contributed by atoms with Gasteiger partial charge in [-0.05, 0) is 58.5 Å². The molecule has 2 heterocycles. The fraction of sp³-hybridized carbons (Fsp3) is 0. The maximum atomic E-state index is 6.22. The quantitative estimate of drug-likeness (QED) is 0.430. The standard InChI is InChI=1S/C13H7BrCl2N4S2/c14-11-4-2-8(22-11)6-17-20-12(18-19-13(20)21)9-3-1-7(15)5-10(9)16/h1-6H,(H,19,21)/b17-6-. The molecule has 4 nitrogen and oxygen atoms in total. The van der Waals surface area contributed by atoms with E-state index in [2.05, 4.69) is 31.2 Å². The van der Waals surface area contributed by atoms with Gasteiger partial charge in [0.1, 0.15) is 0 Å². The summed E-state index contributed by atoms with van der Waals surface area (Å²) in [4.78, 5) is 0.989. The summed E-state index contributed by atoms with van der Waals surface area (Å²) in [6.45, 7) is 0. The number of thiophene rings is 1. The molecule has 0 aliphatic rings. The molecule has 22 heavy (non-hydrogen) atoms. The molecule has 112 valence electrons. The lowest BCUT2D eigenvalue weighted by Crippen LogP contribution is -1.95. The summed E-state index contributed by atoms with van der Waals surface area (Å²) in [5, 5.41) is 12.3. The van der Waals surface area contributed by atoms with Crippen molar-refractivity contribution in [1.82, 2.24) is 14.9 Å². The lowest BCUT2D eigenvalue weighted by molar-refractivity contribution is 0.872. The monoisotopic (exact) mass is 432 g/mol. The minimum Gasteiger partial charge on any atom is -0.250 e. The Bertz CT molecular complexity index is 913. The Kier molecular flexibility index (Phi) is 4.79. The molecule has 0 bridgehead atoms. The zero-order chi connectivity index (χ0) is 15.7. The molecule has 1 aromatic carbocycles. The summed E-state index contributed by atoms with van der Waals surface area (Å²) in [5.74, 6) is 0.526. The first-order chi connectivity index (χ1) is 10.5. The number of nitrogens with one attached hydrogen (secondary N) is 1. The van der Waals surface area contributed by atoms with E-state index in [9.17, 15) is 0 Å². The summed E-state index contributed by atoms with van der Waals surface area (Å²) >= 11 is 22.3. The highest BCUT2D eigenvalue weighted by atomic mass is 79.9. The third-order valence-electron chi connectivity index (χ3n) is 2.72. The molecular formula is C13H7BrCl2N4S2. The summed E-state index contributed by atoms with van der Waals surface area (Å²) in [6, 6.07) is 9.09. The molecule has 1 N–H and O–H groups in total. The van der Waals surface area contributed by atoms with Crippen molar-refractivity contribution in [1.29, 1.82) is 0 Å². The van der Waals surface area contributed by atoms with Crippen molar-refractivity contribution in [3.8, 4) is 11.4 Å². The smallest absolute Gasteiger partial charge is 0.216 e. The predicted molar refractivity (Wildman–Crippen MR) is 97.9 cm³/mol. The van der Waals surface area contributed by atoms with E-state index in [1.807, 2.05) is 12.1 Å². The highest BCUT2D eigenvalue weighted by Crippen LogP contribution is 2.29. The van der Waals surface area contributed by atoms with Gasteiger partial charge < -0.3 is 0 Å². The second kappa shape index (κ2) is 6.64. The van der Waals surface area contributed by atoms with Crippen LogP contribution in [0.1, 0.15) is 4.88 Å². The molecule has 0 saturated heterocycles. The zero-order valence-corrected chi connectivity index (χ0v) is 15.5. The van der Waals surface area contributed by atoms with E-state index in [1.165, 1.54) is 4.68 Å². The second-order valence-corrected chi connectivity index (χ2v) is 7.90. The van der Waals surface area contributed by atoms with E-state index in [4.69, 9.17) is 35.4 Å². The fourth-order valence-corrected chi connectivity index (χ4v) is 3.72. The molecule has 0 unspecified atom stereocenters. The van der Waals surface area contributed by atoms with Crippen LogP contribution in [0.4, 0.5) is 0 Å². The molecule has 0 spiro atoms. The predicted octanol–water partition coefficient (Wildman–Crippen LogP) is 5.62. The van der Waals surface area contributed by atoms with Crippen molar-refractivity contribution in [3.63, 3.8) is 0 Å². The van der Waals surface area contributed by atoms with Gasteiger partial charge in [0.2, 0.25) is 4.77 Å². The van der Waals surface area contributed by atoms with E-state index >= 15 is 0 Å². The highest BCUT2D eigenvalue weighted by Gasteiger charge is 2.12. The lowest BCUT2D eigenvalue weighted by atomic mass is 10.2. The SMILES string of the molecule is S=c1[nH]nc(-c2ccc(Cl)cc2Cl)n1/N=C\c1ccc(Br)s1. The number of H-pyrrole nitrogens is 1. The lowest BCUT2D eigenvalue weighted by Gasteiger charge is -2.03. The van der Waals surface area contributed by atoms with E-state index in [1.54, 1.807) is 35.8 Å². The van der Waals surface area contributed by atoms with Crippen LogP contribution in [-0.2, 0) is 0 Å². The largest absolute Gasteiger partial charge is 0.250 e. The van der Waals surface area contributed by atoms with Crippen LogP contribution in [0.5, 0.6) is 0 Å². The van der Waals surface area contributed by atoms with Crippen LogP contribution in [0.3, 0.4) is 0 Å². The van der Waals surface area contributed by atoms with Gasteiger partial charge in [0.05, 0.1) is 15.0 Å². The van der Waals surface area contributed by atoms with Gasteiger partial charge in [-0.1, -0.05) is 23.2 Å². The molecule has 2 aromatic heterocycles. The molecule has 3 aromatic rings. The average Bonchev–Trinajstić information content (AvgIpc) is 3.03. The van der Waals surface area contributed by atoms with Crippen LogP contribution in [0.25, 0.3) is 11.4 Å². The van der Waals surface area contributed by atoms with Gasteiger partial charge >= 0.3 is 0 Å². The second-order valence-electron chi connectivity index (χ2n) is 4.17. The van der Waals surface area contributed by atoms with Crippen molar-refractivity contribution in [2.24, 2.45) is 5.10 Å². The van der Waals surface area contributed by atoms with Crippen molar-refractivity contribution in [2.45, 2.75) is 0 Å². The molecule has 0 radical (unpaired) electrons. The highest BCUT2D eigenvalue weighted by molar-refractivity contribution is 9.11. The maximum Gasteiger partial charge on any atom is 0.216 e. The first kappa shape index (κ1) is 15.9. The first-order valence-corrected chi connectivity index (χ1v) is 8.74. The van der Waals surface area contributed by atoms with Gasteiger partial charge in [-0.2, -0.15) is 14.9 Å². The van der Waals surface area contributed by atoms with Crippen LogP contribution >= 0.6 is 62.7 Å². The molecule has 0 saturated carbocycles. The number of aromatic amines is 1. The molecular weight excluding hydrogens is 427 g/mol. The number of aromatic nitrogens is 3. The van der Waals surface area contributed by atoms with Crippen LogP contribution < -0.4 is 0 Å². The Morgan fingerprint density at radius 2 is 2.14 bits per heavy atom. The number of hydrogen-bond acceptors (Lipinski definition) is 4. The Morgan fingerprint density at radius 1 is 1.32 bits per heavy atom. The van der Waals surface area contributed by atoms with Crippen molar-refractivity contribution in [3.05, 3.63) is 53.8 Å². The first-order valence-electron chi connectivity index (χ1n) is 5.97. The Balaban J connectivity index is 2.04. The summed E-state index contributed by atoms with van der Waals surface area (Å²) < 4.78 is 2.94. The van der Waals surface area contributed by atoms with Crippen LogP contribution in [0.2, 0.25) is 10.0 Å². The van der Waals surface area contributed by atoms with Gasteiger partial charge in [-0.3, -0.25) is 0 Å². The van der Waals surface area contributed by atoms with Gasteiger partial charge in [0, 0.05) is 15.5 Å². The normalized spacial score (nSPS) is 11.4. The van der Waals surface area contributed by atoms with Gasteiger partial charge in [0.25, 0.3) is 0 Å². The van der Waals surface area contributed by atoms with Crippen molar-refractivity contribution < 1.29 is 0 Å². The molecule has 0 aliphatic heterocycles. The molecule has 3 rings (SSSR count). The molecule has 0 amide bonds. The number of halogens is 3. The molecule has 0 fully saturated rings. The van der Waals surface area contributed by atoms with Crippen molar-refractivity contribution in [2.75, 3.05) is 0 Å². The summed E-state index contributed by atoms with van der Waals surface area (Å²) in [7, 11) is 0. The Hall–Kier alpha value is -0.990. The minimum absolute atomic E-state index is 0.382. The third-order valence-corrected chi connectivity index (χ3v) is 5.09. The number of hydrogen-bond donors (Lipinski definition) is 1. The zero-order valence-electron chi connectivity index (χ0n) is 10.8. The Morgan fingerprint density at radius 3 is 2.82 bits per heavy atom. The van der Waals surface area contributed by atoms with Gasteiger partial charge in [0.15, 0.2) is 5.82 Å². The number of benzene rings is 1. The van der Waals surface area contributed by atoms with Gasteiger partial charge in [-0.25, -0.2) is 5.10 Å². The Labute approximate surface area is 153 Å². The maximum absolute atomic E-state index is 6.22. The fourth-order valence-electron chi connectivity index (χ4n) is 1.76. The van der Waals surface area contributed by atoms with E-state index in [-0.39, 0.29) is 0 Å². The van der Waals surface area contributed by atoms with E-state index < -0.39 is 0 Å². The van der Waals surface area contributed by atoms with E-state index in [0.29, 0.717) is 26.2 Å². The van der Waals surface area contributed by atoms with Crippen LogP contribution in [-0.4, -0.2) is 21.1 Å². The van der Waals surface area contributed by atoms with Gasteiger partial charge in [-0.15, -0.1) is 11.3 Å². The van der Waals surface area contributed by atoms with Crippen molar-refractivity contribution >= 4 is 68.9 Å². The van der Waals surface area contributed by atoms with Crippen LogP contribution in [0.15, 0.2) is 39.2 Å². The number of nitrogens with zero attached hydrogens (tertiary/aromatic N) is 3. The molecule has 0 aliphatic carbocycles. The summed E-state index contributed by atoms with van der Waals surface area (Å²) in [6.07, 6.45) is 1.72. The minimum atomic E-state index is 0.382.